The Morgan fingerprint density at radius 2 is 1.47 bits per heavy atom. The third kappa shape index (κ3) is 7.57. The van der Waals surface area contributed by atoms with Crippen molar-refractivity contribution in [1.82, 2.24) is 0 Å². The van der Waals surface area contributed by atoms with Gasteiger partial charge in [0.05, 0.1) is 0 Å². The van der Waals surface area contributed by atoms with Crippen LogP contribution in [0.5, 0.6) is 0 Å². The van der Waals surface area contributed by atoms with Crippen LogP contribution in [0.3, 0.4) is 0 Å². The first kappa shape index (κ1) is 13.8. The molecule has 0 bridgehead atoms. The number of unbranched alkanes of at least 4 members (excludes halogenated alkanes) is 6. The fraction of sp³-hybridized carbons (Fsp3) is 0.412. The summed E-state index contributed by atoms with van der Waals surface area (Å²) in [6, 6.07) is 10.5. The number of allylic oxidation sites excluding steroid dienone is 2. The van der Waals surface area contributed by atoms with E-state index in [4.69, 9.17) is 0 Å². The van der Waals surface area contributed by atoms with Gasteiger partial charge >= 0.3 is 0 Å². The largest absolute Gasteiger partial charge is 0.103 e. The van der Waals surface area contributed by atoms with Gasteiger partial charge in [-0.05, 0) is 31.2 Å². The molecule has 0 fully saturated rings. The molecule has 0 saturated carbocycles. The third-order valence-electron chi connectivity index (χ3n) is 2.89. The van der Waals surface area contributed by atoms with Gasteiger partial charge in [-0.1, -0.05) is 67.8 Å². The van der Waals surface area contributed by atoms with Gasteiger partial charge in [-0.3, -0.25) is 0 Å². The summed E-state index contributed by atoms with van der Waals surface area (Å²) in [5, 5.41) is 0. The van der Waals surface area contributed by atoms with Crippen LogP contribution < -0.4 is 0 Å². The molecule has 0 radical (unpaired) electrons. The first-order valence-corrected chi connectivity index (χ1v) is 6.76. The van der Waals surface area contributed by atoms with Crippen LogP contribution in [0.15, 0.2) is 49.1 Å². The molecule has 92 valence electrons. The van der Waals surface area contributed by atoms with Crippen LogP contribution in [-0.4, -0.2) is 0 Å². The quantitative estimate of drug-likeness (QED) is 0.380. The Hall–Kier alpha value is -1.30. The molecule has 0 N–H and O–H groups in total. The van der Waals surface area contributed by atoms with Crippen molar-refractivity contribution in [3.8, 4) is 0 Å². The Balaban J connectivity index is 1.97. The van der Waals surface area contributed by atoms with Gasteiger partial charge in [-0.2, -0.15) is 0 Å². The van der Waals surface area contributed by atoms with E-state index >= 15 is 0 Å². The fourth-order valence-electron chi connectivity index (χ4n) is 1.86. The molecule has 0 unspecified atom stereocenters. The van der Waals surface area contributed by atoms with Crippen LogP contribution >= 0.6 is 0 Å². The van der Waals surface area contributed by atoms with Gasteiger partial charge in [-0.15, -0.1) is 6.58 Å². The second-order valence-electron chi connectivity index (χ2n) is 4.45. The molecule has 0 heteroatoms. The van der Waals surface area contributed by atoms with Gasteiger partial charge in [0.2, 0.25) is 0 Å². The molecular weight excluding hydrogens is 204 g/mol. The lowest BCUT2D eigenvalue weighted by Crippen LogP contribution is -1.78. The van der Waals surface area contributed by atoms with E-state index in [1.54, 1.807) is 0 Å². The number of hydrogen-bond acceptors (Lipinski definition) is 0. The van der Waals surface area contributed by atoms with Crippen molar-refractivity contribution in [2.45, 2.75) is 44.9 Å². The first-order chi connectivity index (χ1) is 8.43. The van der Waals surface area contributed by atoms with Crippen LogP contribution in [0, 0.1) is 0 Å². The summed E-state index contributed by atoms with van der Waals surface area (Å²) in [5.74, 6) is 0. The lowest BCUT2D eigenvalue weighted by molar-refractivity contribution is 0.622. The Bertz CT molecular complexity index is 308. The van der Waals surface area contributed by atoms with Crippen molar-refractivity contribution >= 4 is 6.08 Å². The van der Waals surface area contributed by atoms with Crippen LogP contribution in [0.2, 0.25) is 0 Å². The van der Waals surface area contributed by atoms with Crippen LogP contribution in [0.25, 0.3) is 6.08 Å². The number of rotatable bonds is 9. The summed E-state index contributed by atoms with van der Waals surface area (Å²) < 4.78 is 0. The highest BCUT2D eigenvalue weighted by molar-refractivity contribution is 5.48. The zero-order chi connectivity index (χ0) is 12.2. The lowest BCUT2D eigenvalue weighted by atomic mass is 10.1. The molecule has 0 aliphatic rings. The van der Waals surface area contributed by atoms with E-state index in [1.165, 1.54) is 50.5 Å². The van der Waals surface area contributed by atoms with Gasteiger partial charge in [0.1, 0.15) is 0 Å². The normalized spacial score (nSPS) is 10.8. The van der Waals surface area contributed by atoms with E-state index in [9.17, 15) is 0 Å². The maximum atomic E-state index is 3.74. The minimum absolute atomic E-state index is 1.17. The molecule has 0 aromatic heterocycles. The van der Waals surface area contributed by atoms with Gasteiger partial charge in [-0.25, -0.2) is 0 Å². The molecule has 17 heavy (non-hydrogen) atoms. The monoisotopic (exact) mass is 228 g/mol. The van der Waals surface area contributed by atoms with E-state index in [2.05, 4.69) is 49.1 Å². The van der Waals surface area contributed by atoms with Crippen molar-refractivity contribution in [1.29, 1.82) is 0 Å². The third-order valence-corrected chi connectivity index (χ3v) is 2.89. The van der Waals surface area contributed by atoms with Crippen molar-refractivity contribution in [3.05, 3.63) is 54.6 Å². The van der Waals surface area contributed by atoms with Crippen LogP contribution in [-0.2, 0) is 0 Å². The Labute approximate surface area is 106 Å². The topological polar surface area (TPSA) is 0 Å². The predicted octanol–water partition coefficient (Wildman–Crippen LogP) is 5.62. The smallest absolute Gasteiger partial charge is 0.0260 e. The predicted molar refractivity (Wildman–Crippen MR) is 78.0 cm³/mol. The Kier molecular flexibility index (Phi) is 8.01. The minimum atomic E-state index is 1.17. The fourth-order valence-corrected chi connectivity index (χ4v) is 1.86. The molecule has 0 atom stereocenters. The van der Waals surface area contributed by atoms with Gasteiger partial charge in [0.15, 0.2) is 0 Å². The second kappa shape index (κ2) is 9.89. The summed E-state index contributed by atoms with van der Waals surface area (Å²) in [6.45, 7) is 3.74. The molecule has 0 heterocycles. The maximum Gasteiger partial charge on any atom is -0.0260 e. The van der Waals surface area contributed by atoms with Crippen molar-refractivity contribution < 1.29 is 0 Å². The van der Waals surface area contributed by atoms with Crippen molar-refractivity contribution in [2.75, 3.05) is 0 Å². The lowest BCUT2D eigenvalue weighted by Gasteiger charge is -1.98. The standard InChI is InChI=1S/C17H24/c1-2-3-4-5-6-7-8-9-11-14-17-15-12-10-13-16-17/h2,10-16H,1,3-9H2/b14-11+. The zero-order valence-electron chi connectivity index (χ0n) is 10.8. The molecule has 0 spiro atoms. The molecule has 0 nitrogen and oxygen atoms in total. The van der Waals surface area contributed by atoms with Crippen LogP contribution in [0.4, 0.5) is 0 Å². The highest BCUT2D eigenvalue weighted by atomic mass is 13.9. The van der Waals surface area contributed by atoms with E-state index in [-0.39, 0.29) is 0 Å². The number of hydrogen-bond donors (Lipinski definition) is 0. The average molecular weight is 228 g/mol. The first-order valence-electron chi connectivity index (χ1n) is 6.76. The number of benzene rings is 1. The van der Waals surface area contributed by atoms with Gasteiger partial charge in [0, 0.05) is 0 Å². The molecule has 0 aliphatic carbocycles. The Morgan fingerprint density at radius 3 is 2.18 bits per heavy atom. The summed E-state index contributed by atoms with van der Waals surface area (Å²) in [5.41, 5.74) is 1.30. The highest BCUT2D eigenvalue weighted by Gasteiger charge is 1.88. The Morgan fingerprint density at radius 1 is 0.824 bits per heavy atom. The highest BCUT2D eigenvalue weighted by Crippen LogP contribution is 2.09. The molecule has 0 saturated heterocycles. The maximum absolute atomic E-state index is 3.74. The van der Waals surface area contributed by atoms with E-state index in [0.29, 0.717) is 0 Å². The van der Waals surface area contributed by atoms with Crippen molar-refractivity contribution in [3.63, 3.8) is 0 Å². The van der Waals surface area contributed by atoms with E-state index < -0.39 is 0 Å². The molecule has 1 aromatic carbocycles. The summed E-state index contributed by atoms with van der Waals surface area (Å²) in [4.78, 5) is 0. The summed E-state index contributed by atoms with van der Waals surface area (Å²) in [7, 11) is 0. The minimum Gasteiger partial charge on any atom is -0.103 e. The summed E-state index contributed by atoms with van der Waals surface area (Å²) in [6.07, 6.45) is 15.6. The molecule has 0 aliphatic heterocycles. The van der Waals surface area contributed by atoms with Gasteiger partial charge < -0.3 is 0 Å². The molecule has 0 amide bonds. The van der Waals surface area contributed by atoms with Crippen molar-refractivity contribution in [2.24, 2.45) is 0 Å². The van der Waals surface area contributed by atoms with Crippen LogP contribution in [0.1, 0.15) is 50.5 Å². The zero-order valence-corrected chi connectivity index (χ0v) is 10.8. The van der Waals surface area contributed by atoms with Gasteiger partial charge in [0.25, 0.3) is 0 Å². The molecule has 1 rings (SSSR count). The SMILES string of the molecule is C=CCCCCCCC/C=C/c1ccccc1. The molecule has 1 aromatic rings. The average Bonchev–Trinajstić information content (AvgIpc) is 2.38. The molecular formula is C17H24. The van der Waals surface area contributed by atoms with E-state index in [1.807, 2.05) is 6.08 Å². The second-order valence-corrected chi connectivity index (χ2v) is 4.45. The summed E-state index contributed by atoms with van der Waals surface area (Å²) >= 11 is 0. The van der Waals surface area contributed by atoms with E-state index in [0.717, 1.165) is 0 Å².